The first-order chi connectivity index (χ1) is 9.60. The number of rotatable bonds is 5. The van der Waals surface area contributed by atoms with Crippen LogP contribution in [0.5, 0.6) is 5.75 Å². The lowest BCUT2D eigenvalue weighted by molar-refractivity contribution is -0.0505. The van der Waals surface area contributed by atoms with Gasteiger partial charge in [-0.05, 0) is 31.0 Å². The van der Waals surface area contributed by atoms with Crippen LogP contribution in [0.3, 0.4) is 0 Å². The molecule has 2 unspecified atom stereocenters. The zero-order valence-electron chi connectivity index (χ0n) is 10.8. The van der Waals surface area contributed by atoms with Gasteiger partial charge in [0.25, 0.3) is 0 Å². The van der Waals surface area contributed by atoms with Crippen LogP contribution in [-0.2, 0) is 6.54 Å². The SMILES string of the molecule is N#CC1CCCC1NCc1cc(Cl)ccc1OC(F)F. The fourth-order valence-corrected chi connectivity index (χ4v) is 2.69. The molecule has 20 heavy (non-hydrogen) atoms. The number of nitrogens with one attached hydrogen (secondary N) is 1. The number of benzene rings is 1. The maximum absolute atomic E-state index is 12.3. The molecule has 2 rings (SSSR count). The second-order valence-electron chi connectivity index (χ2n) is 4.78. The molecule has 0 spiro atoms. The molecule has 2 atom stereocenters. The average molecular weight is 301 g/mol. The van der Waals surface area contributed by atoms with Crippen molar-refractivity contribution in [3.63, 3.8) is 0 Å². The highest BCUT2D eigenvalue weighted by Gasteiger charge is 2.26. The lowest BCUT2D eigenvalue weighted by atomic mass is 10.1. The Morgan fingerprint density at radius 3 is 2.95 bits per heavy atom. The lowest BCUT2D eigenvalue weighted by Gasteiger charge is -2.17. The maximum atomic E-state index is 12.3. The Bertz CT molecular complexity index is 504. The van der Waals surface area contributed by atoms with Crippen molar-refractivity contribution in [1.29, 1.82) is 5.26 Å². The van der Waals surface area contributed by atoms with E-state index in [0.717, 1.165) is 19.3 Å². The molecule has 0 radical (unpaired) electrons. The summed E-state index contributed by atoms with van der Waals surface area (Å²) in [7, 11) is 0. The highest BCUT2D eigenvalue weighted by molar-refractivity contribution is 6.30. The minimum atomic E-state index is -2.87. The van der Waals surface area contributed by atoms with E-state index in [0.29, 0.717) is 17.1 Å². The third-order valence-electron chi connectivity index (χ3n) is 3.48. The molecule has 1 saturated carbocycles. The molecule has 1 aromatic rings. The Balaban J connectivity index is 2.04. The summed E-state index contributed by atoms with van der Waals surface area (Å²) < 4.78 is 29.2. The van der Waals surface area contributed by atoms with Gasteiger partial charge in [0.1, 0.15) is 5.75 Å². The van der Waals surface area contributed by atoms with Crippen LogP contribution in [0.15, 0.2) is 18.2 Å². The first-order valence-electron chi connectivity index (χ1n) is 6.46. The average Bonchev–Trinajstić information content (AvgIpc) is 2.86. The standard InChI is InChI=1S/C14H15ClF2N2O/c15-11-4-5-13(20-14(16)17)10(6-11)8-19-12-3-1-2-9(12)7-18/h4-6,9,12,14,19H,1-3,8H2. The van der Waals surface area contributed by atoms with Gasteiger partial charge in [-0.15, -0.1) is 0 Å². The molecular formula is C14H15ClF2N2O. The third-order valence-corrected chi connectivity index (χ3v) is 3.71. The minimum absolute atomic E-state index is 0.0198. The highest BCUT2D eigenvalue weighted by atomic mass is 35.5. The van der Waals surface area contributed by atoms with Gasteiger partial charge < -0.3 is 10.1 Å². The number of hydrogen-bond donors (Lipinski definition) is 1. The van der Waals surface area contributed by atoms with Crippen LogP contribution in [0.2, 0.25) is 5.02 Å². The van der Waals surface area contributed by atoms with Gasteiger partial charge >= 0.3 is 6.61 Å². The van der Waals surface area contributed by atoms with Gasteiger partial charge in [0.15, 0.2) is 0 Å². The highest BCUT2D eigenvalue weighted by Crippen LogP contribution is 2.28. The predicted molar refractivity (Wildman–Crippen MR) is 71.7 cm³/mol. The predicted octanol–water partition coefficient (Wildman–Crippen LogP) is 3.72. The molecule has 6 heteroatoms. The van der Waals surface area contributed by atoms with Crippen molar-refractivity contribution in [2.24, 2.45) is 5.92 Å². The van der Waals surface area contributed by atoms with Crippen molar-refractivity contribution in [1.82, 2.24) is 5.32 Å². The summed E-state index contributed by atoms with van der Waals surface area (Å²) in [6.07, 6.45) is 2.81. The van der Waals surface area contributed by atoms with E-state index in [2.05, 4.69) is 16.1 Å². The molecule has 1 aliphatic carbocycles. The molecule has 0 aromatic heterocycles. The van der Waals surface area contributed by atoms with E-state index in [1.54, 1.807) is 6.07 Å². The fraction of sp³-hybridized carbons (Fsp3) is 0.500. The van der Waals surface area contributed by atoms with Crippen LogP contribution in [0.25, 0.3) is 0 Å². The summed E-state index contributed by atoms with van der Waals surface area (Å²) in [6, 6.07) is 6.91. The van der Waals surface area contributed by atoms with Crippen molar-refractivity contribution in [3.05, 3.63) is 28.8 Å². The molecular weight excluding hydrogens is 286 g/mol. The van der Waals surface area contributed by atoms with Crippen molar-refractivity contribution < 1.29 is 13.5 Å². The molecule has 3 nitrogen and oxygen atoms in total. The van der Waals surface area contributed by atoms with Gasteiger partial charge in [0.2, 0.25) is 0 Å². The molecule has 0 aliphatic heterocycles. The Kier molecular flexibility index (Phi) is 5.16. The zero-order chi connectivity index (χ0) is 14.5. The Morgan fingerprint density at radius 2 is 2.25 bits per heavy atom. The van der Waals surface area contributed by atoms with Gasteiger partial charge in [-0.3, -0.25) is 0 Å². The van der Waals surface area contributed by atoms with Crippen LogP contribution in [-0.4, -0.2) is 12.7 Å². The van der Waals surface area contributed by atoms with Gasteiger partial charge in [-0.1, -0.05) is 18.0 Å². The van der Waals surface area contributed by atoms with Crippen LogP contribution in [0.4, 0.5) is 8.78 Å². The fourth-order valence-electron chi connectivity index (χ4n) is 2.50. The van der Waals surface area contributed by atoms with Crippen LogP contribution in [0.1, 0.15) is 24.8 Å². The first-order valence-corrected chi connectivity index (χ1v) is 6.84. The summed E-state index contributed by atoms with van der Waals surface area (Å²) in [5.41, 5.74) is 0.571. The Morgan fingerprint density at radius 1 is 1.45 bits per heavy atom. The van der Waals surface area contributed by atoms with E-state index in [9.17, 15) is 8.78 Å². The van der Waals surface area contributed by atoms with E-state index < -0.39 is 6.61 Å². The normalized spacial score (nSPS) is 21.9. The monoisotopic (exact) mass is 300 g/mol. The number of nitriles is 1. The molecule has 1 N–H and O–H groups in total. The Labute approximate surface area is 121 Å². The topological polar surface area (TPSA) is 45.0 Å². The summed E-state index contributed by atoms with van der Waals surface area (Å²) in [5, 5.41) is 12.7. The van der Waals surface area contributed by atoms with Crippen molar-refractivity contribution >= 4 is 11.6 Å². The van der Waals surface area contributed by atoms with Crippen molar-refractivity contribution in [2.75, 3.05) is 0 Å². The molecule has 108 valence electrons. The second kappa shape index (κ2) is 6.87. The minimum Gasteiger partial charge on any atom is -0.434 e. The van der Waals surface area contributed by atoms with Crippen LogP contribution < -0.4 is 10.1 Å². The maximum Gasteiger partial charge on any atom is 0.387 e. The molecule has 1 aromatic carbocycles. The van der Waals surface area contributed by atoms with E-state index in [1.165, 1.54) is 12.1 Å². The zero-order valence-corrected chi connectivity index (χ0v) is 11.5. The lowest BCUT2D eigenvalue weighted by Crippen LogP contribution is -2.31. The largest absolute Gasteiger partial charge is 0.434 e. The van der Waals surface area contributed by atoms with Crippen LogP contribution >= 0.6 is 11.6 Å². The summed E-state index contributed by atoms with van der Waals surface area (Å²) in [6.45, 7) is -2.51. The van der Waals surface area contributed by atoms with Gasteiger partial charge in [-0.2, -0.15) is 14.0 Å². The smallest absolute Gasteiger partial charge is 0.387 e. The van der Waals surface area contributed by atoms with Gasteiger partial charge in [0, 0.05) is 23.2 Å². The van der Waals surface area contributed by atoms with Crippen LogP contribution in [0, 0.1) is 17.2 Å². The molecule has 0 amide bonds. The molecule has 1 aliphatic rings. The Hall–Kier alpha value is -1.38. The quantitative estimate of drug-likeness (QED) is 0.901. The van der Waals surface area contributed by atoms with E-state index in [1.807, 2.05) is 0 Å². The number of alkyl halides is 2. The van der Waals surface area contributed by atoms with Gasteiger partial charge in [-0.25, -0.2) is 0 Å². The van der Waals surface area contributed by atoms with Gasteiger partial charge in [0.05, 0.1) is 12.0 Å². The van der Waals surface area contributed by atoms with E-state index in [4.69, 9.17) is 16.9 Å². The summed E-state index contributed by atoms with van der Waals surface area (Å²) in [5.74, 6) is 0.0945. The second-order valence-corrected chi connectivity index (χ2v) is 5.22. The molecule has 1 fully saturated rings. The number of hydrogen-bond acceptors (Lipinski definition) is 3. The molecule has 0 heterocycles. The first kappa shape index (κ1) is 15.0. The summed E-state index contributed by atoms with van der Waals surface area (Å²) >= 11 is 5.88. The molecule has 0 bridgehead atoms. The number of ether oxygens (including phenoxy) is 1. The molecule has 0 saturated heterocycles. The van der Waals surface area contributed by atoms with E-state index in [-0.39, 0.29) is 17.7 Å². The van der Waals surface area contributed by atoms with Crippen molar-refractivity contribution in [2.45, 2.75) is 38.5 Å². The number of nitrogens with zero attached hydrogens (tertiary/aromatic N) is 1. The number of halogens is 3. The summed E-state index contributed by atoms with van der Waals surface area (Å²) in [4.78, 5) is 0. The van der Waals surface area contributed by atoms with E-state index >= 15 is 0 Å². The van der Waals surface area contributed by atoms with Crippen molar-refractivity contribution in [3.8, 4) is 11.8 Å². The third kappa shape index (κ3) is 3.81.